The summed E-state index contributed by atoms with van der Waals surface area (Å²) in [6.07, 6.45) is 1.00. The van der Waals surface area contributed by atoms with Crippen LogP contribution >= 0.6 is 0 Å². The average Bonchev–Trinajstić information content (AvgIpc) is 2.59. The van der Waals surface area contributed by atoms with E-state index in [-0.39, 0.29) is 5.91 Å². The van der Waals surface area contributed by atoms with Gasteiger partial charge in [-0.3, -0.25) is 9.10 Å². The Morgan fingerprint density at radius 2 is 1.72 bits per heavy atom. The van der Waals surface area contributed by atoms with Gasteiger partial charge in [-0.15, -0.1) is 0 Å². The minimum atomic E-state index is -3.32. The highest BCUT2D eigenvalue weighted by Gasteiger charge is 2.19. The quantitative estimate of drug-likeness (QED) is 0.822. The number of anilines is 2. The second-order valence-corrected chi connectivity index (χ2v) is 7.61. The van der Waals surface area contributed by atoms with Gasteiger partial charge in [-0.1, -0.05) is 25.1 Å². The smallest absolute Gasteiger partial charge is 0.265 e. The molecule has 1 atom stereocenters. The molecule has 0 heterocycles. The van der Waals surface area contributed by atoms with Crippen molar-refractivity contribution >= 4 is 27.3 Å². The van der Waals surface area contributed by atoms with E-state index >= 15 is 0 Å². The number of hydrogen-bond donors (Lipinski definition) is 1. The van der Waals surface area contributed by atoms with Gasteiger partial charge in [0.1, 0.15) is 5.75 Å². The lowest BCUT2D eigenvalue weighted by Crippen LogP contribution is -2.32. The van der Waals surface area contributed by atoms with Gasteiger partial charge in [-0.2, -0.15) is 0 Å². The number of ether oxygens (including phenoxy) is 1. The first-order valence-electron chi connectivity index (χ1n) is 7.88. The highest BCUT2D eigenvalue weighted by Crippen LogP contribution is 2.22. The van der Waals surface area contributed by atoms with Gasteiger partial charge in [0.05, 0.1) is 11.9 Å². The van der Waals surface area contributed by atoms with Crippen LogP contribution < -0.4 is 14.4 Å². The number of sulfonamides is 1. The summed E-state index contributed by atoms with van der Waals surface area (Å²) in [4.78, 5) is 12.3. The van der Waals surface area contributed by atoms with Gasteiger partial charge in [-0.05, 0) is 42.8 Å². The summed E-state index contributed by atoms with van der Waals surface area (Å²) in [7, 11) is -1.84. The molecule has 0 aliphatic rings. The molecule has 2 rings (SSSR count). The lowest BCUT2D eigenvalue weighted by molar-refractivity contribution is -0.122. The van der Waals surface area contributed by atoms with E-state index in [9.17, 15) is 13.2 Å². The van der Waals surface area contributed by atoms with Crippen LogP contribution in [0.5, 0.6) is 5.75 Å². The number of rotatable bonds is 7. The van der Waals surface area contributed by atoms with Crippen LogP contribution in [0.4, 0.5) is 11.4 Å². The molecule has 1 N–H and O–H groups in total. The average molecular weight is 362 g/mol. The summed E-state index contributed by atoms with van der Waals surface area (Å²) in [6.45, 7) is 1.86. The fourth-order valence-corrected chi connectivity index (χ4v) is 2.66. The van der Waals surface area contributed by atoms with Crippen LogP contribution in [-0.4, -0.2) is 33.7 Å². The molecule has 0 saturated heterocycles. The normalized spacial score (nSPS) is 12.3. The molecule has 2 aromatic carbocycles. The van der Waals surface area contributed by atoms with E-state index in [1.807, 2.05) is 25.1 Å². The Morgan fingerprint density at radius 1 is 1.12 bits per heavy atom. The Bertz CT molecular complexity index is 805. The molecule has 0 aliphatic heterocycles. The molecule has 1 unspecified atom stereocenters. The third-order valence-electron chi connectivity index (χ3n) is 3.68. The highest BCUT2D eigenvalue weighted by atomic mass is 32.2. The van der Waals surface area contributed by atoms with Crippen LogP contribution in [0.1, 0.15) is 13.3 Å². The summed E-state index contributed by atoms with van der Waals surface area (Å²) >= 11 is 0. The second kappa shape index (κ2) is 8.02. The first-order valence-corrected chi connectivity index (χ1v) is 9.72. The van der Waals surface area contributed by atoms with Crippen molar-refractivity contribution in [1.82, 2.24) is 0 Å². The van der Waals surface area contributed by atoms with Gasteiger partial charge < -0.3 is 10.1 Å². The third-order valence-corrected chi connectivity index (χ3v) is 4.89. The van der Waals surface area contributed by atoms with Crippen molar-refractivity contribution in [2.75, 3.05) is 22.9 Å². The van der Waals surface area contributed by atoms with Gasteiger partial charge in [-0.25, -0.2) is 8.42 Å². The van der Waals surface area contributed by atoms with Crippen molar-refractivity contribution in [2.45, 2.75) is 19.4 Å². The van der Waals surface area contributed by atoms with Gasteiger partial charge in [0.25, 0.3) is 5.91 Å². The molecule has 0 spiro atoms. The van der Waals surface area contributed by atoms with E-state index in [4.69, 9.17) is 4.74 Å². The second-order valence-electron chi connectivity index (χ2n) is 5.59. The van der Waals surface area contributed by atoms with Crippen molar-refractivity contribution in [3.8, 4) is 5.75 Å². The van der Waals surface area contributed by atoms with Crippen LogP contribution in [0.15, 0.2) is 54.6 Å². The van der Waals surface area contributed by atoms with Crippen LogP contribution in [0.2, 0.25) is 0 Å². The Balaban J connectivity index is 2.05. The maximum absolute atomic E-state index is 12.3. The Labute approximate surface area is 148 Å². The number of nitrogens with one attached hydrogen (secondary N) is 1. The topological polar surface area (TPSA) is 75.7 Å². The number of nitrogens with zero attached hydrogens (tertiary/aromatic N) is 1. The van der Waals surface area contributed by atoms with Crippen LogP contribution in [0.3, 0.4) is 0 Å². The number of carbonyl (C=O) groups is 1. The Hall–Kier alpha value is -2.54. The first kappa shape index (κ1) is 18.8. The maximum atomic E-state index is 12.3. The third kappa shape index (κ3) is 5.22. The van der Waals surface area contributed by atoms with Crippen molar-refractivity contribution < 1.29 is 17.9 Å². The Kier molecular flexibility index (Phi) is 6.03. The molecular formula is C18H22N2O4S. The molecule has 0 aliphatic carbocycles. The number of para-hydroxylation sites is 1. The van der Waals surface area contributed by atoms with Crippen LogP contribution in [-0.2, 0) is 14.8 Å². The van der Waals surface area contributed by atoms with E-state index in [1.54, 1.807) is 36.4 Å². The largest absolute Gasteiger partial charge is 0.481 e. The minimum Gasteiger partial charge on any atom is -0.481 e. The highest BCUT2D eigenvalue weighted by molar-refractivity contribution is 7.92. The lowest BCUT2D eigenvalue weighted by Gasteiger charge is -2.19. The van der Waals surface area contributed by atoms with E-state index in [0.717, 1.165) is 6.26 Å². The van der Waals surface area contributed by atoms with Gasteiger partial charge in [0.15, 0.2) is 6.10 Å². The molecule has 0 saturated carbocycles. The summed E-state index contributed by atoms with van der Waals surface area (Å²) in [6, 6.07) is 15.7. The van der Waals surface area contributed by atoms with E-state index in [1.165, 1.54) is 11.4 Å². The predicted octanol–water partition coefficient (Wildman–Crippen LogP) is 2.88. The molecule has 0 bridgehead atoms. The standard InChI is InChI=1S/C18H22N2O4S/c1-4-17(18(21)19-14-8-6-5-7-9-14)24-16-12-10-15(11-13-16)20(2)25(3,22)23/h5-13,17H,4H2,1-3H3,(H,19,21). The molecule has 6 nitrogen and oxygen atoms in total. The minimum absolute atomic E-state index is 0.231. The maximum Gasteiger partial charge on any atom is 0.265 e. The number of amides is 1. The van der Waals surface area contributed by atoms with E-state index < -0.39 is 16.1 Å². The zero-order valence-corrected chi connectivity index (χ0v) is 15.3. The van der Waals surface area contributed by atoms with Crippen LogP contribution in [0, 0.1) is 0 Å². The monoisotopic (exact) mass is 362 g/mol. The zero-order chi connectivity index (χ0) is 18.4. The summed E-state index contributed by atoms with van der Waals surface area (Å²) in [5.41, 5.74) is 1.23. The summed E-state index contributed by atoms with van der Waals surface area (Å²) < 4.78 is 30.0. The lowest BCUT2D eigenvalue weighted by atomic mass is 10.2. The van der Waals surface area contributed by atoms with Gasteiger partial charge in [0.2, 0.25) is 10.0 Å². The van der Waals surface area contributed by atoms with Crippen molar-refractivity contribution in [1.29, 1.82) is 0 Å². The SMILES string of the molecule is CCC(Oc1ccc(N(C)S(C)(=O)=O)cc1)C(=O)Nc1ccccc1. The molecule has 134 valence electrons. The molecule has 0 radical (unpaired) electrons. The number of hydrogen-bond acceptors (Lipinski definition) is 4. The van der Waals surface area contributed by atoms with Gasteiger partial charge in [0, 0.05) is 12.7 Å². The first-order chi connectivity index (χ1) is 11.8. The summed E-state index contributed by atoms with van der Waals surface area (Å²) in [5, 5.41) is 2.81. The molecule has 7 heteroatoms. The fourth-order valence-electron chi connectivity index (χ4n) is 2.16. The molecule has 0 aromatic heterocycles. The summed E-state index contributed by atoms with van der Waals surface area (Å²) in [5.74, 6) is 0.270. The number of benzene rings is 2. The van der Waals surface area contributed by atoms with Crippen LogP contribution in [0.25, 0.3) is 0 Å². The molecule has 2 aromatic rings. The molecule has 25 heavy (non-hydrogen) atoms. The van der Waals surface area contributed by atoms with Gasteiger partial charge >= 0.3 is 0 Å². The number of carbonyl (C=O) groups excluding carboxylic acids is 1. The molecule has 1 amide bonds. The fraction of sp³-hybridized carbons (Fsp3) is 0.278. The van der Waals surface area contributed by atoms with Crippen molar-refractivity contribution in [3.63, 3.8) is 0 Å². The molecular weight excluding hydrogens is 340 g/mol. The zero-order valence-electron chi connectivity index (χ0n) is 14.5. The van der Waals surface area contributed by atoms with Crippen molar-refractivity contribution in [2.24, 2.45) is 0 Å². The molecule has 0 fully saturated rings. The van der Waals surface area contributed by atoms with E-state index in [2.05, 4.69) is 5.32 Å². The Morgan fingerprint density at radius 3 is 2.24 bits per heavy atom. The van der Waals surface area contributed by atoms with Crippen molar-refractivity contribution in [3.05, 3.63) is 54.6 Å². The van der Waals surface area contributed by atoms with E-state index in [0.29, 0.717) is 23.5 Å². The predicted molar refractivity (Wildman–Crippen MR) is 99.5 cm³/mol.